The van der Waals surface area contributed by atoms with Gasteiger partial charge in [-0.05, 0) is 19.1 Å². The van der Waals surface area contributed by atoms with Gasteiger partial charge in [-0.1, -0.05) is 42.5 Å². The Morgan fingerprint density at radius 3 is 2.26 bits per heavy atom. The minimum Gasteiger partial charge on any atom is -0.330 e. The number of aromatic nitrogens is 2. The molecule has 0 atom stereocenters. The van der Waals surface area contributed by atoms with Gasteiger partial charge in [0, 0.05) is 62.8 Å². The molecule has 1 aromatic heterocycles. The van der Waals surface area contributed by atoms with Gasteiger partial charge in [-0.15, -0.1) is 0 Å². The molecule has 8 heteroatoms. The Morgan fingerprint density at radius 1 is 0.935 bits per heavy atom. The van der Waals surface area contributed by atoms with E-state index in [2.05, 4.69) is 14.5 Å². The van der Waals surface area contributed by atoms with Gasteiger partial charge < -0.3 is 4.57 Å². The summed E-state index contributed by atoms with van der Waals surface area (Å²) in [4.78, 5) is 18.4. The molecule has 31 heavy (non-hydrogen) atoms. The van der Waals surface area contributed by atoms with Crippen molar-refractivity contribution in [1.82, 2.24) is 18.8 Å². The van der Waals surface area contributed by atoms with Crippen molar-refractivity contribution in [3.8, 4) is 11.4 Å². The summed E-state index contributed by atoms with van der Waals surface area (Å²) < 4.78 is 29.5. The third-order valence-electron chi connectivity index (χ3n) is 5.63. The van der Waals surface area contributed by atoms with Gasteiger partial charge in [-0.25, -0.2) is 13.4 Å². The van der Waals surface area contributed by atoms with Gasteiger partial charge >= 0.3 is 0 Å². The van der Waals surface area contributed by atoms with Gasteiger partial charge in [0.2, 0.25) is 10.0 Å². The molecule has 0 aliphatic carbocycles. The number of Topliss-reactive ketones (excluding diaryl/α,β-unsaturated/α-hetero) is 1. The van der Waals surface area contributed by atoms with Crippen LogP contribution in [0.15, 0.2) is 71.9 Å². The summed E-state index contributed by atoms with van der Waals surface area (Å²) in [5.41, 5.74) is 1.59. The molecular formula is C23H26N4O3S. The molecule has 1 saturated heterocycles. The van der Waals surface area contributed by atoms with E-state index in [4.69, 9.17) is 0 Å². The fourth-order valence-electron chi connectivity index (χ4n) is 3.79. The number of rotatable bonds is 7. The average Bonchev–Trinajstić information content (AvgIpc) is 3.27. The SMILES string of the molecule is CC(=O)c1ccc(S(=O)(=O)N2CCN(CCn3ccnc3-c3ccccc3)CC2)cc1. The third kappa shape index (κ3) is 4.76. The zero-order valence-corrected chi connectivity index (χ0v) is 18.3. The Hall–Kier alpha value is -2.81. The maximum absolute atomic E-state index is 12.9. The van der Waals surface area contributed by atoms with Crippen LogP contribution in [-0.4, -0.2) is 65.7 Å². The lowest BCUT2D eigenvalue weighted by molar-refractivity contribution is 0.101. The van der Waals surface area contributed by atoms with Crippen LogP contribution in [0.3, 0.4) is 0 Å². The van der Waals surface area contributed by atoms with E-state index < -0.39 is 10.0 Å². The number of hydrogen-bond acceptors (Lipinski definition) is 5. The fraction of sp³-hybridized carbons (Fsp3) is 0.304. The molecule has 0 spiro atoms. The molecule has 0 radical (unpaired) electrons. The summed E-state index contributed by atoms with van der Waals surface area (Å²) in [6, 6.07) is 16.3. The molecule has 0 N–H and O–H groups in total. The van der Waals surface area contributed by atoms with Crippen LogP contribution in [0.4, 0.5) is 0 Å². The highest BCUT2D eigenvalue weighted by atomic mass is 32.2. The maximum Gasteiger partial charge on any atom is 0.243 e. The summed E-state index contributed by atoms with van der Waals surface area (Å²) in [7, 11) is -3.55. The van der Waals surface area contributed by atoms with Crippen LogP contribution in [-0.2, 0) is 16.6 Å². The number of carbonyl (C=O) groups is 1. The molecule has 1 aliphatic rings. The molecule has 3 aromatic rings. The second-order valence-corrected chi connectivity index (χ2v) is 9.57. The smallest absolute Gasteiger partial charge is 0.243 e. The molecule has 1 fully saturated rings. The first-order valence-corrected chi connectivity index (χ1v) is 11.8. The predicted molar refractivity (Wildman–Crippen MR) is 119 cm³/mol. The molecule has 0 saturated carbocycles. The van der Waals surface area contributed by atoms with Crippen LogP contribution < -0.4 is 0 Å². The van der Waals surface area contributed by atoms with Crippen molar-refractivity contribution < 1.29 is 13.2 Å². The Balaban J connectivity index is 1.34. The molecule has 0 bridgehead atoms. The van der Waals surface area contributed by atoms with Crippen LogP contribution in [0.2, 0.25) is 0 Å². The highest BCUT2D eigenvalue weighted by Crippen LogP contribution is 2.20. The number of hydrogen-bond donors (Lipinski definition) is 0. The first-order valence-electron chi connectivity index (χ1n) is 10.4. The van der Waals surface area contributed by atoms with Crippen LogP contribution in [0.25, 0.3) is 11.4 Å². The van der Waals surface area contributed by atoms with Gasteiger partial charge in [0.05, 0.1) is 4.90 Å². The van der Waals surface area contributed by atoms with Gasteiger partial charge in [-0.3, -0.25) is 9.69 Å². The third-order valence-corrected chi connectivity index (χ3v) is 7.55. The monoisotopic (exact) mass is 438 g/mol. The minimum absolute atomic E-state index is 0.0779. The number of nitrogens with zero attached hydrogens (tertiary/aromatic N) is 4. The van der Waals surface area contributed by atoms with Crippen LogP contribution in [0, 0.1) is 0 Å². The quantitative estimate of drug-likeness (QED) is 0.530. The molecule has 1 aliphatic heterocycles. The lowest BCUT2D eigenvalue weighted by Crippen LogP contribution is -2.49. The number of ketones is 1. The zero-order valence-electron chi connectivity index (χ0n) is 17.5. The van der Waals surface area contributed by atoms with Gasteiger partial charge in [0.25, 0.3) is 0 Å². The maximum atomic E-state index is 12.9. The van der Waals surface area contributed by atoms with E-state index in [0.29, 0.717) is 31.7 Å². The average molecular weight is 439 g/mol. The van der Waals surface area contributed by atoms with Crippen molar-refractivity contribution in [3.05, 3.63) is 72.6 Å². The first-order chi connectivity index (χ1) is 14.9. The molecule has 7 nitrogen and oxygen atoms in total. The summed E-state index contributed by atoms with van der Waals surface area (Å²) >= 11 is 0. The normalized spacial score (nSPS) is 15.8. The van der Waals surface area contributed by atoms with E-state index in [1.807, 2.05) is 42.7 Å². The second-order valence-electron chi connectivity index (χ2n) is 7.64. The van der Waals surface area contributed by atoms with Crippen molar-refractivity contribution in [2.45, 2.75) is 18.4 Å². The number of sulfonamides is 1. The molecule has 162 valence electrons. The topological polar surface area (TPSA) is 75.5 Å². The Labute approximate surface area is 183 Å². The lowest BCUT2D eigenvalue weighted by Gasteiger charge is -2.34. The highest BCUT2D eigenvalue weighted by Gasteiger charge is 2.28. The molecule has 2 heterocycles. The van der Waals surface area contributed by atoms with Crippen LogP contribution in [0.1, 0.15) is 17.3 Å². The largest absolute Gasteiger partial charge is 0.330 e. The van der Waals surface area contributed by atoms with Gasteiger partial charge in [-0.2, -0.15) is 4.31 Å². The van der Waals surface area contributed by atoms with E-state index in [9.17, 15) is 13.2 Å². The molecule has 0 amide bonds. The Kier molecular flexibility index (Phi) is 6.31. The number of carbonyl (C=O) groups excluding carboxylic acids is 1. The van der Waals surface area contributed by atoms with Crippen LogP contribution >= 0.6 is 0 Å². The molecule has 4 rings (SSSR count). The van der Waals surface area contributed by atoms with Crippen molar-refractivity contribution in [3.63, 3.8) is 0 Å². The van der Waals surface area contributed by atoms with Gasteiger partial charge in [0.1, 0.15) is 5.82 Å². The van der Waals surface area contributed by atoms with Crippen molar-refractivity contribution in [1.29, 1.82) is 0 Å². The fourth-order valence-corrected chi connectivity index (χ4v) is 5.21. The van der Waals surface area contributed by atoms with E-state index in [1.54, 1.807) is 12.1 Å². The summed E-state index contributed by atoms with van der Waals surface area (Å²) in [6.45, 7) is 5.36. The van der Waals surface area contributed by atoms with E-state index in [-0.39, 0.29) is 10.7 Å². The number of piperazine rings is 1. The Bertz CT molecular complexity index is 1130. The second kappa shape index (κ2) is 9.13. The van der Waals surface area contributed by atoms with Gasteiger partial charge in [0.15, 0.2) is 5.78 Å². The highest BCUT2D eigenvalue weighted by molar-refractivity contribution is 7.89. The first kappa shape index (κ1) is 21.4. The summed E-state index contributed by atoms with van der Waals surface area (Å²) in [5.74, 6) is 0.863. The zero-order chi connectivity index (χ0) is 21.8. The van der Waals surface area contributed by atoms with E-state index >= 15 is 0 Å². The predicted octanol–water partition coefficient (Wildman–Crippen LogP) is 2.76. The lowest BCUT2D eigenvalue weighted by atomic mass is 10.2. The number of imidazole rings is 1. The summed E-state index contributed by atoms with van der Waals surface area (Å²) in [5, 5.41) is 0. The minimum atomic E-state index is -3.55. The Morgan fingerprint density at radius 2 is 1.61 bits per heavy atom. The van der Waals surface area contributed by atoms with E-state index in [1.165, 1.54) is 23.4 Å². The van der Waals surface area contributed by atoms with Crippen LogP contribution in [0.5, 0.6) is 0 Å². The molecule has 0 unspecified atom stereocenters. The summed E-state index contributed by atoms with van der Waals surface area (Å²) in [6.07, 6.45) is 3.79. The molecular weight excluding hydrogens is 412 g/mol. The van der Waals surface area contributed by atoms with Crippen molar-refractivity contribution >= 4 is 15.8 Å². The van der Waals surface area contributed by atoms with E-state index in [0.717, 1.165) is 24.5 Å². The standard InChI is InChI=1S/C23H26N4O3S/c1-19(28)20-7-9-22(10-8-20)31(29,30)27-17-14-25(15-18-27)13-16-26-12-11-24-23(26)21-5-3-2-4-6-21/h2-12H,13-18H2,1H3. The van der Waals surface area contributed by atoms with Crippen molar-refractivity contribution in [2.24, 2.45) is 0 Å². The van der Waals surface area contributed by atoms with Crippen molar-refractivity contribution in [2.75, 3.05) is 32.7 Å². The molecule has 2 aromatic carbocycles. The number of benzene rings is 2.